The number of terminal acetylenes is 1. The Kier molecular flexibility index (Phi) is 7.64. The van der Waals surface area contributed by atoms with Crippen LogP contribution in [-0.4, -0.2) is 49.2 Å². The number of ether oxygens (including phenoxy) is 2. The van der Waals surface area contributed by atoms with Crippen LogP contribution in [0.25, 0.3) is 0 Å². The van der Waals surface area contributed by atoms with E-state index in [0.29, 0.717) is 30.4 Å². The Labute approximate surface area is 192 Å². The van der Waals surface area contributed by atoms with Gasteiger partial charge in [0, 0.05) is 37.5 Å². The fourth-order valence-electron chi connectivity index (χ4n) is 3.57. The fourth-order valence-corrected chi connectivity index (χ4v) is 5.53. The molecule has 2 aromatic carbocycles. The van der Waals surface area contributed by atoms with Gasteiger partial charge in [-0.3, -0.25) is 10.1 Å². The number of piperidine rings is 1. The maximum atomic E-state index is 13.5. The van der Waals surface area contributed by atoms with Gasteiger partial charge in [0.15, 0.2) is 0 Å². The zero-order valence-corrected chi connectivity index (χ0v) is 18.7. The molecule has 32 heavy (non-hydrogen) atoms. The Bertz CT molecular complexity index is 1070. The summed E-state index contributed by atoms with van der Waals surface area (Å²) in [6.07, 6.45) is 4.00. The Balaban J connectivity index is 1.80. The molecule has 0 saturated carbocycles. The second-order valence-corrected chi connectivity index (χ2v) is 9.94. The normalized spacial score (nSPS) is 16.0. The number of rotatable bonds is 7. The third kappa shape index (κ3) is 5.34. The van der Waals surface area contributed by atoms with Crippen molar-refractivity contribution in [2.45, 2.75) is 29.2 Å². The number of carbonyl (C=O) groups excluding carboxylic acids is 1. The molecule has 0 bridgehead atoms. The first-order valence-corrected chi connectivity index (χ1v) is 11.7. The molecule has 1 aliphatic heterocycles. The maximum Gasteiger partial charge on any atom is 0.432 e. The number of hydroxylamine groups is 1. The molecule has 8 nitrogen and oxygen atoms in total. The van der Waals surface area contributed by atoms with Gasteiger partial charge in [0.2, 0.25) is 14.8 Å². The Morgan fingerprint density at radius 1 is 1.16 bits per heavy atom. The van der Waals surface area contributed by atoms with Gasteiger partial charge in [-0.2, -0.15) is 0 Å². The van der Waals surface area contributed by atoms with Crippen LogP contribution in [-0.2, 0) is 21.1 Å². The van der Waals surface area contributed by atoms with Gasteiger partial charge in [-0.05, 0) is 42.0 Å². The van der Waals surface area contributed by atoms with Crippen LogP contribution in [0, 0.1) is 12.3 Å². The molecule has 0 aliphatic carbocycles. The summed E-state index contributed by atoms with van der Waals surface area (Å²) in [6.45, 7) is 1.38. The van der Waals surface area contributed by atoms with Crippen molar-refractivity contribution < 1.29 is 27.9 Å². The molecule has 1 saturated heterocycles. The number of hydrogen-bond donors (Lipinski definition) is 2. The average molecular weight is 479 g/mol. The first kappa shape index (κ1) is 23.9. The monoisotopic (exact) mass is 478 g/mol. The van der Waals surface area contributed by atoms with Gasteiger partial charge < -0.3 is 9.47 Å². The van der Waals surface area contributed by atoms with E-state index in [9.17, 15) is 13.2 Å². The summed E-state index contributed by atoms with van der Waals surface area (Å²) in [4.78, 5) is 12.0. The molecule has 1 fully saturated rings. The Morgan fingerprint density at radius 3 is 2.34 bits per heavy atom. The van der Waals surface area contributed by atoms with Crippen molar-refractivity contribution in [2.75, 3.05) is 19.7 Å². The molecular weight excluding hydrogens is 456 g/mol. The molecule has 0 radical (unpaired) electrons. The molecule has 0 spiro atoms. The standard InChI is InChI=1S/C22H23ClN2O6S/c1-2-15-30-19-7-9-20(10-8-19)32(28,29)22(31-21(26)24-27)11-13-25(14-12-22)16-17-3-5-18(23)6-4-17/h1,3-10,27H,11-16H2,(H,24,26). The lowest BCUT2D eigenvalue weighted by Gasteiger charge is -2.40. The van der Waals surface area contributed by atoms with Gasteiger partial charge in [-0.25, -0.2) is 18.7 Å². The summed E-state index contributed by atoms with van der Waals surface area (Å²) >= 11 is 5.93. The molecule has 1 amide bonds. The average Bonchev–Trinajstić information content (AvgIpc) is 2.80. The molecular formula is C22H23ClN2O6S. The van der Waals surface area contributed by atoms with Crippen LogP contribution >= 0.6 is 11.6 Å². The minimum atomic E-state index is -4.10. The number of benzene rings is 2. The lowest BCUT2D eigenvalue weighted by atomic mass is 10.1. The van der Waals surface area contributed by atoms with E-state index in [1.54, 1.807) is 12.1 Å². The summed E-state index contributed by atoms with van der Waals surface area (Å²) in [5.41, 5.74) is 2.39. The van der Waals surface area contributed by atoms with Crippen molar-refractivity contribution in [1.82, 2.24) is 10.4 Å². The molecule has 10 heteroatoms. The number of carbonyl (C=O) groups is 1. The minimum Gasteiger partial charge on any atom is -0.481 e. The largest absolute Gasteiger partial charge is 0.481 e. The SMILES string of the molecule is C#CCOc1ccc(S(=O)(=O)C2(OC(=O)NO)CCN(Cc3ccc(Cl)cc3)CC2)cc1. The molecule has 2 N–H and O–H groups in total. The van der Waals surface area contributed by atoms with Crippen LogP contribution in [0.15, 0.2) is 53.4 Å². The predicted molar refractivity (Wildman–Crippen MR) is 118 cm³/mol. The van der Waals surface area contributed by atoms with Crippen molar-refractivity contribution in [3.05, 3.63) is 59.1 Å². The number of nitrogens with zero attached hydrogens (tertiary/aromatic N) is 1. The van der Waals surface area contributed by atoms with Crippen LogP contribution in [0.5, 0.6) is 5.75 Å². The van der Waals surface area contributed by atoms with E-state index < -0.39 is 20.9 Å². The highest BCUT2D eigenvalue weighted by molar-refractivity contribution is 7.92. The molecule has 3 rings (SSSR count). The van der Waals surface area contributed by atoms with E-state index in [2.05, 4.69) is 10.8 Å². The molecule has 0 unspecified atom stereocenters. The predicted octanol–water partition coefficient (Wildman–Crippen LogP) is 3.23. The highest BCUT2D eigenvalue weighted by Crippen LogP contribution is 2.37. The number of amides is 1. The van der Waals surface area contributed by atoms with E-state index in [0.717, 1.165) is 5.56 Å². The van der Waals surface area contributed by atoms with Crippen molar-refractivity contribution in [2.24, 2.45) is 0 Å². The van der Waals surface area contributed by atoms with Crippen molar-refractivity contribution in [3.63, 3.8) is 0 Å². The van der Waals surface area contributed by atoms with Crippen LogP contribution in [0.4, 0.5) is 4.79 Å². The highest BCUT2D eigenvalue weighted by atomic mass is 35.5. The smallest absolute Gasteiger partial charge is 0.432 e. The summed E-state index contributed by atoms with van der Waals surface area (Å²) < 4.78 is 37.5. The van der Waals surface area contributed by atoms with Crippen LogP contribution in [0.3, 0.4) is 0 Å². The first-order valence-electron chi connectivity index (χ1n) is 9.80. The molecule has 0 atom stereocenters. The third-order valence-corrected chi connectivity index (χ3v) is 7.87. The topological polar surface area (TPSA) is 105 Å². The number of nitrogens with one attached hydrogen (secondary N) is 1. The van der Waals surface area contributed by atoms with Crippen LogP contribution < -0.4 is 10.2 Å². The molecule has 170 valence electrons. The molecule has 1 aliphatic rings. The number of likely N-dealkylation sites (tertiary alicyclic amines) is 1. The lowest BCUT2D eigenvalue weighted by Crippen LogP contribution is -2.52. The first-order chi connectivity index (χ1) is 15.3. The molecule has 1 heterocycles. The van der Waals surface area contributed by atoms with Gasteiger partial charge >= 0.3 is 6.09 Å². The zero-order chi connectivity index (χ0) is 23.2. The van der Waals surface area contributed by atoms with E-state index in [4.69, 9.17) is 32.7 Å². The molecule has 0 aromatic heterocycles. The van der Waals surface area contributed by atoms with Crippen molar-refractivity contribution in [3.8, 4) is 18.1 Å². The fraction of sp³-hybridized carbons (Fsp3) is 0.318. The summed E-state index contributed by atoms with van der Waals surface area (Å²) in [5.74, 6) is 2.75. The molecule has 2 aromatic rings. The van der Waals surface area contributed by atoms with Gasteiger partial charge in [0.25, 0.3) is 0 Å². The lowest BCUT2D eigenvalue weighted by molar-refractivity contribution is 0.000288. The number of halogens is 1. The maximum absolute atomic E-state index is 13.5. The van der Waals surface area contributed by atoms with Gasteiger partial charge in [0.05, 0.1) is 4.90 Å². The number of sulfone groups is 1. The van der Waals surface area contributed by atoms with Gasteiger partial charge in [0.1, 0.15) is 12.4 Å². The Morgan fingerprint density at radius 2 is 1.78 bits per heavy atom. The van der Waals surface area contributed by atoms with Gasteiger partial charge in [-0.15, -0.1) is 6.42 Å². The van der Waals surface area contributed by atoms with E-state index in [-0.39, 0.29) is 24.3 Å². The van der Waals surface area contributed by atoms with Crippen LogP contribution in [0.2, 0.25) is 5.02 Å². The van der Waals surface area contributed by atoms with Crippen molar-refractivity contribution >= 4 is 27.5 Å². The Hall–Kier alpha value is -2.77. The second-order valence-electron chi connectivity index (χ2n) is 7.28. The third-order valence-electron chi connectivity index (χ3n) is 5.25. The minimum absolute atomic E-state index is 0.0255. The van der Waals surface area contributed by atoms with Crippen molar-refractivity contribution in [1.29, 1.82) is 0 Å². The number of hydrogen-bond acceptors (Lipinski definition) is 7. The summed E-state index contributed by atoms with van der Waals surface area (Å²) in [5, 5.41) is 9.57. The van der Waals surface area contributed by atoms with Gasteiger partial charge in [-0.1, -0.05) is 29.7 Å². The van der Waals surface area contributed by atoms with Crippen LogP contribution in [0.1, 0.15) is 18.4 Å². The zero-order valence-electron chi connectivity index (χ0n) is 17.2. The van der Waals surface area contributed by atoms with E-state index in [1.807, 2.05) is 12.1 Å². The quantitative estimate of drug-likeness (QED) is 0.357. The second kappa shape index (κ2) is 10.2. The highest BCUT2D eigenvalue weighted by Gasteiger charge is 2.50. The van der Waals surface area contributed by atoms with E-state index in [1.165, 1.54) is 29.7 Å². The summed E-state index contributed by atoms with van der Waals surface area (Å²) in [6, 6.07) is 13.1. The van der Waals surface area contributed by atoms with E-state index >= 15 is 0 Å². The summed E-state index contributed by atoms with van der Waals surface area (Å²) in [7, 11) is -4.10.